The third-order valence-electron chi connectivity index (χ3n) is 3.95. The smallest absolute Gasteiger partial charge is 0.187 e. The van der Waals surface area contributed by atoms with Crippen LogP contribution in [0.2, 0.25) is 0 Å². The first-order chi connectivity index (χ1) is 12.5. The molecule has 5 nitrogen and oxygen atoms in total. The van der Waals surface area contributed by atoms with Crippen LogP contribution in [0.5, 0.6) is 11.5 Å². The summed E-state index contributed by atoms with van der Waals surface area (Å²) in [6.45, 7) is 0.239. The largest absolute Gasteiger partial charge is 0.508 e. The molecule has 0 aromatic heterocycles. The van der Waals surface area contributed by atoms with Crippen molar-refractivity contribution in [2.24, 2.45) is 0 Å². The number of hydrogen-bond acceptors (Lipinski definition) is 5. The van der Waals surface area contributed by atoms with Crippen LogP contribution >= 0.6 is 0 Å². The van der Waals surface area contributed by atoms with E-state index < -0.39 is 0 Å². The van der Waals surface area contributed by atoms with E-state index >= 15 is 0 Å². The Morgan fingerprint density at radius 3 is 2.04 bits per heavy atom. The fourth-order valence-corrected chi connectivity index (χ4v) is 2.52. The number of aliphatic hydroxyl groups excluding tert-OH is 1. The van der Waals surface area contributed by atoms with Gasteiger partial charge in [-0.25, -0.2) is 0 Å². The SMILES string of the molecule is O=C(/C=C/c1ccc(O)cc1)C1=C(O)/C(=C/c2ccc(O)cc2)COC1. The number of allylic oxidation sites excluding steroid dienone is 1. The number of phenolic OH excluding ortho intramolecular Hbond substituents is 2. The second-order valence-corrected chi connectivity index (χ2v) is 5.87. The number of hydrogen-bond donors (Lipinski definition) is 3. The molecule has 0 aliphatic carbocycles. The molecule has 1 heterocycles. The van der Waals surface area contributed by atoms with Crippen molar-refractivity contribution in [2.75, 3.05) is 13.2 Å². The molecule has 1 aliphatic rings. The first kappa shape index (κ1) is 17.5. The Kier molecular flexibility index (Phi) is 5.20. The lowest BCUT2D eigenvalue weighted by atomic mass is 10.0. The summed E-state index contributed by atoms with van der Waals surface area (Å²) >= 11 is 0. The van der Waals surface area contributed by atoms with Crippen molar-refractivity contribution < 1.29 is 24.9 Å². The van der Waals surface area contributed by atoms with E-state index in [1.807, 2.05) is 0 Å². The summed E-state index contributed by atoms with van der Waals surface area (Å²) in [5, 5.41) is 29.0. The molecule has 0 saturated heterocycles. The van der Waals surface area contributed by atoms with Gasteiger partial charge in [0.2, 0.25) is 0 Å². The van der Waals surface area contributed by atoms with Crippen LogP contribution in [-0.4, -0.2) is 34.3 Å². The lowest BCUT2D eigenvalue weighted by molar-refractivity contribution is -0.112. The maximum atomic E-state index is 12.4. The minimum Gasteiger partial charge on any atom is -0.508 e. The van der Waals surface area contributed by atoms with Crippen molar-refractivity contribution in [3.8, 4) is 11.5 Å². The molecule has 3 rings (SSSR count). The highest BCUT2D eigenvalue weighted by Gasteiger charge is 2.21. The Balaban J connectivity index is 1.82. The van der Waals surface area contributed by atoms with Crippen molar-refractivity contribution in [1.29, 1.82) is 0 Å². The topological polar surface area (TPSA) is 87.0 Å². The molecule has 0 unspecified atom stereocenters. The Labute approximate surface area is 150 Å². The Morgan fingerprint density at radius 2 is 1.42 bits per heavy atom. The number of ether oxygens (including phenoxy) is 1. The van der Waals surface area contributed by atoms with E-state index in [0.717, 1.165) is 11.1 Å². The zero-order valence-electron chi connectivity index (χ0n) is 13.9. The summed E-state index contributed by atoms with van der Waals surface area (Å²) in [4.78, 5) is 12.4. The highest BCUT2D eigenvalue weighted by molar-refractivity contribution is 6.07. The molecule has 1 aliphatic heterocycles. The molecule has 26 heavy (non-hydrogen) atoms. The number of aromatic hydroxyl groups is 2. The average Bonchev–Trinajstić information content (AvgIpc) is 2.64. The standard InChI is InChI=1S/C21H18O5/c22-17-6-1-14(2-7-17)5-10-20(24)19-13-26-12-16(21(19)25)11-15-3-8-18(23)9-4-15/h1-11,22-23,25H,12-13H2/b10-5+,16-11+. The second-order valence-electron chi connectivity index (χ2n) is 5.87. The Bertz CT molecular complexity index is 887. The van der Waals surface area contributed by atoms with Gasteiger partial charge in [-0.15, -0.1) is 0 Å². The highest BCUT2D eigenvalue weighted by atomic mass is 16.5. The van der Waals surface area contributed by atoms with Crippen LogP contribution in [-0.2, 0) is 9.53 Å². The molecule has 2 aromatic carbocycles. The molecular formula is C21H18O5. The zero-order valence-corrected chi connectivity index (χ0v) is 13.9. The number of carbonyl (C=O) groups excluding carboxylic acids is 1. The maximum absolute atomic E-state index is 12.4. The molecule has 0 spiro atoms. The van der Waals surface area contributed by atoms with Crippen LogP contribution in [0.1, 0.15) is 11.1 Å². The third kappa shape index (κ3) is 4.20. The third-order valence-corrected chi connectivity index (χ3v) is 3.95. The molecule has 0 amide bonds. The van der Waals surface area contributed by atoms with E-state index in [4.69, 9.17) is 4.74 Å². The number of benzene rings is 2. The summed E-state index contributed by atoms with van der Waals surface area (Å²) in [7, 11) is 0. The van der Waals surface area contributed by atoms with E-state index in [1.54, 1.807) is 48.6 Å². The normalized spacial score (nSPS) is 16.4. The van der Waals surface area contributed by atoms with Crippen molar-refractivity contribution in [2.45, 2.75) is 0 Å². The molecule has 0 fully saturated rings. The van der Waals surface area contributed by atoms with E-state index in [2.05, 4.69) is 0 Å². The van der Waals surface area contributed by atoms with Crippen LogP contribution in [0.4, 0.5) is 0 Å². The minimum atomic E-state index is -0.341. The predicted molar refractivity (Wildman–Crippen MR) is 98.7 cm³/mol. The van der Waals surface area contributed by atoms with E-state index in [-0.39, 0.29) is 41.8 Å². The summed E-state index contributed by atoms with van der Waals surface area (Å²) in [6, 6.07) is 12.9. The minimum absolute atomic E-state index is 0.0392. The molecule has 5 heteroatoms. The van der Waals surface area contributed by atoms with Gasteiger partial charge in [-0.2, -0.15) is 0 Å². The Hall–Kier alpha value is -3.31. The highest BCUT2D eigenvalue weighted by Crippen LogP contribution is 2.23. The van der Waals surface area contributed by atoms with E-state index in [0.29, 0.717) is 5.57 Å². The van der Waals surface area contributed by atoms with Gasteiger partial charge in [0.25, 0.3) is 0 Å². The number of rotatable bonds is 4. The molecule has 0 atom stereocenters. The first-order valence-electron chi connectivity index (χ1n) is 8.04. The number of carbonyl (C=O) groups is 1. The van der Waals surface area contributed by atoms with Crippen molar-refractivity contribution in [3.63, 3.8) is 0 Å². The van der Waals surface area contributed by atoms with Crippen LogP contribution in [0.15, 0.2) is 71.5 Å². The van der Waals surface area contributed by atoms with Gasteiger partial charge in [0.15, 0.2) is 5.78 Å². The summed E-state index contributed by atoms with van der Waals surface area (Å²) < 4.78 is 5.43. The molecule has 3 N–H and O–H groups in total. The monoisotopic (exact) mass is 350 g/mol. The first-order valence-corrected chi connectivity index (χ1v) is 8.04. The molecule has 2 aromatic rings. The number of ketones is 1. The van der Waals surface area contributed by atoms with Gasteiger partial charge in [-0.05, 0) is 47.5 Å². The van der Waals surface area contributed by atoms with Crippen molar-refractivity contribution in [1.82, 2.24) is 0 Å². The van der Waals surface area contributed by atoms with Gasteiger partial charge in [-0.1, -0.05) is 30.3 Å². The van der Waals surface area contributed by atoms with Gasteiger partial charge in [0.1, 0.15) is 17.3 Å². The van der Waals surface area contributed by atoms with Crippen LogP contribution in [0.3, 0.4) is 0 Å². The fraction of sp³-hybridized carbons (Fsp3) is 0.0952. The van der Waals surface area contributed by atoms with Gasteiger partial charge in [0.05, 0.1) is 18.8 Å². The molecule has 0 bridgehead atoms. The van der Waals surface area contributed by atoms with E-state index in [1.165, 1.54) is 18.2 Å². The molecule has 132 valence electrons. The fourth-order valence-electron chi connectivity index (χ4n) is 2.52. The summed E-state index contributed by atoms with van der Waals surface area (Å²) in [5.41, 5.74) is 2.23. The molecular weight excluding hydrogens is 332 g/mol. The van der Waals surface area contributed by atoms with Crippen molar-refractivity contribution in [3.05, 3.63) is 82.6 Å². The van der Waals surface area contributed by atoms with Crippen molar-refractivity contribution >= 4 is 17.9 Å². The summed E-state index contributed by atoms with van der Waals surface area (Å²) in [5.74, 6) is -0.114. The van der Waals surface area contributed by atoms with Crippen LogP contribution < -0.4 is 0 Å². The average molecular weight is 350 g/mol. The van der Waals surface area contributed by atoms with Crippen LogP contribution in [0, 0.1) is 0 Å². The Morgan fingerprint density at radius 1 is 0.846 bits per heavy atom. The van der Waals surface area contributed by atoms with E-state index in [9.17, 15) is 20.1 Å². The molecule has 0 saturated carbocycles. The van der Waals surface area contributed by atoms with Gasteiger partial charge in [0, 0.05) is 5.57 Å². The lowest BCUT2D eigenvalue weighted by Gasteiger charge is -2.18. The second kappa shape index (κ2) is 7.72. The van der Waals surface area contributed by atoms with Crippen LogP contribution in [0.25, 0.3) is 12.2 Å². The molecule has 0 radical (unpaired) electrons. The summed E-state index contributed by atoms with van der Waals surface area (Å²) in [6.07, 6.45) is 4.69. The lowest BCUT2D eigenvalue weighted by Crippen LogP contribution is -2.19. The zero-order chi connectivity index (χ0) is 18.5. The predicted octanol–water partition coefficient (Wildman–Crippen LogP) is 3.61. The number of phenols is 2. The number of aliphatic hydroxyl groups is 1. The van der Waals surface area contributed by atoms with Gasteiger partial charge in [-0.3, -0.25) is 4.79 Å². The van der Waals surface area contributed by atoms with Gasteiger partial charge < -0.3 is 20.1 Å². The maximum Gasteiger partial charge on any atom is 0.187 e. The van der Waals surface area contributed by atoms with Gasteiger partial charge >= 0.3 is 0 Å². The quantitative estimate of drug-likeness (QED) is 0.733.